The average Bonchev–Trinajstić information content (AvgIpc) is 2.82. The zero-order valence-corrected chi connectivity index (χ0v) is 17.9. The Kier molecular flexibility index (Phi) is 7.53. The van der Waals surface area contributed by atoms with Crippen LogP contribution in [0.2, 0.25) is 0 Å². The minimum Gasteiger partial charge on any atom is -0.380 e. The molecule has 11 heteroatoms. The Bertz CT molecular complexity index is 944. The van der Waals surface area contributed by atoms with E-state index in [2.05, 4.69) is 34.0 Å². The van der Waals surface area contributed by atoms with Crippen molar-refractivity contribution in [3.8, 4) is 0 Å². The maximum absolute atomic E-state index is 12.2. The Balaban J connectivity index is 1.55. The van der Waals surface area contributed by atoms with E-state index in [0.29, 0.717) is 50.0 Å². The van der Waals surface area contributed by atoms with Crippen molar-refractivity contribution in [2.24, 2.45) is 0 Å². The van der Waals surface area contributed by atoms with Gasteiger partial charge in [0.05, 0.1) is 5.56 Å². The molecule has 2 heterocycles. The number of nitrogens with zero attached hydrogens (tertiary/aromatic N) is 5. The Morgan fingerprint density at radius 2 is 1.68 bits per heavy atom. The summed E-state index contributed by atoms with van der Waals surface area (Å²) in [6.45, 7) is 10.1. The second-order valence-electron chi connectivity index (χ2n) is 7.38. The van der Waals surface area contributed by atoms with Crippen molar-refractivity contribution in [3.63, 3.8) is 0 Å². The van der Waals surface area contributed by atoms with Gasteiger partial charge in [0.2, 0.25) is 5.95 Å². The fourth-order valence-corrected chi connectivity index (χ4v) is 3.70. The predicted octanol–water partition coefficient (Wildman–Crippen LogP) is -0.338. The minimum absolute atomic E-state index is 0.158. The van der Waals surface area contributed by atoms with Gasteiger partial charge in [-0.3, -0.25) is 19.6 Å². The van der Waals surface area contributed by atoms with Crippen LogP contribution in [0.4, 0.5) is 17.3 Å². The van der Waals surface area contributed by atoms with Gasteiger partial charge < -0.3 is 20.0 Å². The molecule has 0 atom stereocenters. The van der Waals surface area contributed by atoms with Gasteiger partial charge in [-0.25, -0.2) is 15.4 Å². The fourth-order valence-electron chi connectivity index (χ4n) is 3.70. The molecule has 11 nitrogen and oxygen atoms in total. The summed E-state index contributed by atoms with van der Waals surface area (Å²) < 4.78 is 0. The normalized spacial score (nSPS) is 14.3. The van der Waals surface area contributed by atoms with Gasteiger partial charge in [0.25, 0.3) is 16.8 Å². The molecule has 0 aliphatic carbocycles. The number of rotatable bonds is 10. The zero-order valence-electron chi connectivity index (χ0n) is 17.9. The fraction of sp³-hybridized carbons (Fsp3) is 0.550. The molecule has 1 amide bonds. The van der Waals surface area contributed by atoms with Gasteiger partial charge in [-0.2, -0.15) is 0 Å². The van der Waals surface area contributed by atoms with Gasteiger partial charge in [0.15, 0.2) is 0 Å². The lowest BCUT2D eigenvalue weighted by atomic mass is 10.1. The Labute approximate surface area is 180 Å². The molecule has 3 N–H and O–H groups in total. The molecule has 0 radical (unpaired) electrons. The van der Waals surface area contributed by atoms with Crippen molar-refractivity contribution in [1.29, 1.82) is 0 Å². The molecule has 0 unspecified atom stereocenters. The molecule has 3 rings (SSSR count). The van der Waals surface area contributed by atoms with Crippen LogP contribution >= 0.6 is 0 Å². The number of carbonyl (C=O) groups is 1. The Morgan fingerprint density at radius 3 is 2.26 bits per heavy atom. The second kappa shape index (κ2) is 10.3. The van der Waals surface area contributed by atoms with E-state index < -0.39 is 16.8 Å². The van der Waals surface area contributed by atoms with Crippen LogP contribution in [0, 0.1) is 0 Å². The molecule has 1 aromatic carbocycles. The summed E-state index contributed by atoms with van der Waals surface area (Å²) in [4.78, 5) is 50.2. The summed E-state index contributed by atoms with van der Waals surface area (Å²) >= 11 is 0. The Morgan fingerprint density at radius 1 is 1.06 bits per heavy atom. The number of amides is 1. The lowest BCUT2D eigenvalue weighted by molar-refractivity contribution is 0.0705. The van der Waals surface area contributed by atoms with Crippen molar-refractivity contribution in [3.05, 3.63) is 38.4 Å². The number of hydroxylamine groups is 1. The van der Waals surface area contributed by atoms with Crippen LogP contribution in [0.25, 0.3) is 0 Å². The number of anilines is 3. The number of piperazine rings is 1. The van der Waals surface area contributed by atoms with Crippen LogP contribution in [-0.4, -0.2) is 78.3 Å². The van der Waals surface area contributed by atoms with Gasteiger partial charge >= 0.3 is 0 Å². The van der Waals surface area contributed by atoms with E-state index in [1.165, 1.54) is 12.4 Å². The minimum atomic E-state index is -0.673. The number of carbonyl (C=O) groups excluding carboxylic acids is 1. The third kappa shape index (κ3) is 5.00. The van der Waals surface area contributed by atoms with Crippen LogP contribution in [-0.2, 0) is 0 Å². The molecular formula is C20H29N7O4. The molecule has 1 aromatic heterocycles. The van der Waals surface area contributed by atoms with Crippen LogP contribution < -0.4 is 31.5 Å². The van der Waals surface area contributed by atoms with Crippen molar-refractivity contribution < 1.29 is 10.0 Å². The SMILES string of the molecule is CCN(CC)CCCNc1c(N2CCN(c3ncc(C(=O)NO)cn3)CC2)c(=O)c1=O. The first-order chi connectivity index (χ1) is 15.0. The van der Waals surface area contributed by atoms with E-state index in [1.54, 1.807) is 5.48 Å². The van der Waals surface area contributed by atoms with E-state index in [9.17, 15) is 14.4 Å². The molecular weight excluding hydrogens is 402 g/mol. The molecule has 1 saturated heterocycles. The maximum Gasteiger partial charge on any atom is 0.277 e. The van der Waals surface area contributed by atoms with Crippen molar-refractivity contribution >= 4 is 23.2 Å². The molecule has 168 valence electrons. The van der Waals surface area contributed by atoms with Crippen molar-refractivity contribution in [2.75, 3.05) is 67.5 Å². The lowest BCUT2D eigenvalue weighted by Gasteiger charge is -2.37. The third-order valence-electron chi connectivity index (χ3n) is 5.61. The van der Waals surface area contributed by atoms with Gasteiger partial charge in [0.1, 0.15) is 11.4 Å². The van der Waals surface area contributed by atoms with Crippen molar-refractivity contribution in [2.45, 2.75) is 20.3 Å². The highest BCUT2D eigenvalue weighted by Crippen LogP contribution is 2.22. The van der Waals surface area contributed by atoms with Gasteiger partial charge in [0, 0.05) is 45.1 Å². The standard InChI is InChI=1S/C20H29N7O4/c1-3-25(4-2)7-5-6-21-15-16(18(29)17(15)28)26-8-10-27(11-9-26)20-22-12-14(13-23-20)19(30)24-31/h12-13,21,31H,3-11H2,1-2H3,(H,24,30). The highest BCUT2D eigenvalue weighted by Gasteiger charge is 2.29. The maximum atomic E-state index is 12.2. The second-order valence-corrected chi connectivity index (χ2v) is 7.38. The van der Waals surface area contributed by atoms with Crippen LogP contribution in [0.3, 0.4) is 0 Å². The predicted molar refractivity (Wildman–Crippen MR) is 118 cm³/mol. The van der Waals surface area contributed by atoms with E-state index in [0.717, 1.165) is 26.1 Å². The van der Waals surface area contributed by atoms with Crippen LogP contribution in [0.5, 0.6) is 0 Å². The summed E-state index contributed by atoms with van der Waals surface area (Å²) in [6, 6.07) is 0. The van der Waals surface area contributed by atoms with Gasteiger partial charge in [-0.05, 0) is 26.1 Å². The monoisotopic (exact) mass is 431 g/mol. The largest absolute Gasteiger partial charge is 0.380 e. The summed E-state index contributed by atoms with van der Waals surface area (Å²) in [7, 11) is 0. The van der Waals surface area contributed by atoms with E-state index in [4.69, 9.17) is 5.21 Å². The van der Waals surface area contributed by atoms with Crippen molar-refractivity contribution in [1.82, 2.24) is 20.3 Å². The number of hydrogen-bond acceptors (Lipinski definition) is 10. The van der Waals surface area contributed by atoms with E-state index in [1.807, 2.05) is 9.80 Å². The molecule has 0 spiro atoms. The first-order valence-corrected chi connectivity index (χ1v) is 10.6. The molecule has 0 bridgehead atoms. The summed E-state index contributed by atoms with van der Waals surface area (Å²) in [5.74, 6) is -0.206. The summed E-state index contributed by atoms with van der Waals surface area (Å²) in [6.07, 6.45) is 3.59. The first-order valence-electron chi connectivity index (χ1n) is 10.6. The zero-order chi connectivity index (χ0) is 22.4. The van der Waals surface area contributed by atoms with Crippen LogP contribution in [0.15, 0.2) is 22.0 Å². The molecule has 1 aliphatic heterocycles. The summed E-state index contributed by atoms with van der Waals surface area (Å²) in [5.41, 5.74) is 1.72. The topological polar surface area (TPSA) is 131 Å². The molecule has 31 heavy (non-hydrogen) atoms. The van der Waals surface area contributed by atoms with Gasteiger partial charge in [-0.1, -0.05) is 13.8 Å². The molecule has 1 fully saturated rings. The number of nitrogens with one attached hydrogen (secondary N) is 2. The lowest BCUT2D eigenvalue weighted by Crippen LogP contribution is -2.52. The number of hydrogen-bond donors (Lipinski definition) is 3. The highest BCUT2D eigenvalue weighted by molar-refractivity contribution is 5.92. The summed E-state index contributed by atoms with van der Waals surface area (Å²) in [5, 5.41) is 11.8. The smallest absolute Gasteiger partial charge is 0.277 e. The Hall–Kier alpha value is -3.05. The van der Waals surface area contributed by atoms with Gasteiger partial charge in [-0.15, -0.1) is 0 Å². The molecule has 2 aromatic rings. The van der Waals surface area contributed by atoms with Crippen LogP contribution in [0.1, 0.15) is 30.6 Å². The molecule has 1 aliphatic rings. The highest BCUT2D eigenvalue weighted by atomic mass is 16.5. The molecule has 0 saturated carbocycles. The average molecular weight is 431 g/mol. The van der Waals surface area contributed by atoms with E-state index in [-0.39, 0.29) is 5.56 Å². The first kappa shape index (κ1) is 22.6. The quantitative estimate of drug-likeness (QED) is 0.199. The number of aromatic nitrogens is 2. The third-order valence-corrected chi connectivity index (χ3v) is 5.61. The van der Waals surface area contributed by atoms with E-state index >= 15 is 0 Å².